The molecule has 0 aliphatic heterocycles. The van der Waals surface area contributed by atoms with Crippen LogP contribution >= 0.6 is 0 Å². The first-order valence-electron chi connectivity index (χ1n) is 8.60. The highest BCUT2D eigenvalue weighted by Crippen LogP contribution is 2.26. The van der Waals surface area contributed by atoms with Gasteiger partial charge in [-0.05, 0) is 30.3 Å². The first-order valence-corrected chi connectivity index (χ1v) is 10.1. The van der Waals surface area contributed by atoms with Crippen molar-refractivity contribution in [3.8, 4) is 0 Å². The van der Waals surface area contributed by atoms with E-state index in [1.54, 1.807) is 0 Å². The molecule has 0 heterocycles. The number of anilines is 1. The number of nitrogens with two attached hydrogens (primary N) is 1. The lowest BCUT2D eigenvalue weighted by molar-refractivity contribution is -0.384. The Hall–Kier alpha value is -2.49. The van der Waals surface area contributed by atoms with E-state index in [-0.39, 0.29) is 16.3 Å². The van der Waals surface area contributed by atoms with Crippen LogP contribution in [0.3, 0.4) is 0 Å². The number of primary sulfonamides is 1. The summed E-state index contributed by atoms with van der Waals surface area (Å²) in [6.07, 6.45) is 0. The van der Waals surface area contributed by atoms with Crippen molar-refractivity contribution in [3.05, 3.63) is 63.7 Å². The summed E-state index contributed by atoms with van der Waals surface area (Å²) in [6, 6.07) is 11.3. The average molecular weight is 392 g/mol. The number of hydrogen-bond donors (Lipinski definition) is 2. The zero-order valence-electron chi connectivity index (χ0n) is 15.4. The number of hydrogen-bond acceptors (Lipinski definition) is 6. The molecule has 0 unspecified atom stereocenters. The van der Waals surface area contributed by atoms with Crippen molar-refractivity contribution >= 4 is 21.4 Å². The summed E-state index contributed by atoms with van der Waals surface area (Å²) < 4.78 is 23.6. The van der Waals surface area contributed by atoms with Crippen molar-refractivity contribution in [2.24, 2.45) is 5.14 Å². The summed E-state index contributed by atoms with van der Waals surface area (Å²) in [6.45, 7) is 7.10. The highest BCUT2D eigenvalue weighted by atomic mass is 32.2. The van der Waals surface area contributed by atoms with Gasteiger partial charge in [-0.3, -0.25) is 15.0 Å². The van der Waals surface area contributed by atoms with Crippen molar-refractivity contribution in [3.63, 3.8) is 0 Å². The zero-order valence-corrected chi connectivity index (χ0v) is 16.2. The highest BCUT2D eigenvalue weighted by molar-refractivity contribution is 7.89. The number of nitrogens with zero attached hydrogens (tertiary/aromatic N) is 2. The third-order valence-corrected chi connectivity index (χ3v) is 5.33. The predicted octanol–water partition coefficient (Wildman–Crippen LogP) is 2.70. The molecule has 2 rings (SSSR count). The van der Waals surface area contributed by atoms with Gasteiger partial charge in [0.05, 0.1) is 10.6 Å². The van der Waals surface area contributed by atoms with Crippen molar-refractivity contribution < 1.29 is 13.3 Å². The first kappa shape index (κ1) is 20.8. The van der Waals surface area contributed by atoms with Crippen LogP contribution < -0.4 is 10.5 Å². The number of nitro groups is 1. The monoisotopic (exact) mass is 392 g/mol. The van der Waals surface area contributed by atoms with E-state index in [1.165, 1.54) is 6.07 Å². The Balaban J connectivity index is 2.31. The van der Waals surface area contributed by atoms with E-state index in [0.717, 1.165) is 42.9 Å². The van der Waals surface area contributed by atoms with Crippen LogP contribution in [0, 0.1) is 10.1 Å². The summed E-state index contributed by atoms with van der Waals surface area (Å²) in [7, 11) is -4.01. The van der Waals surface area contributed by atoms with Crippen LogP contribution in [-0.4, -0.2) is 31.3 Å². The van der Waals surface area contributed by atoms with Gasteiger partial charge in [-0.1, -0.05) is 38.1 Å². The molecule has 0 bridgehead atoms. The third kappa shape index (κ3) is 5.49. The van der Waals surface area contributed by atoms with Crippen molar-refractivity contribution in [2.45, 2.75) is 31.8 Å². The molecule has 2 aromatic rings. The Morgan fingerprint density at radius 2 is 1.74 bits per heavy atom. The SMILES string of the molecule is CCN(CC)Cc1ccccc1CNc1cc([N+](=O)[O-])ccc1S(N)(=O)=O. The number of benzene rings is 2. The molecule has 0 saturated heterocycles. The minimum absolute atomic E-state index is 0.115. The van der Waals surface area contributed by atoms with Crippen LogP contribution in [0.2, 0.25) is 0 Å². The molecule has 0 aliphatic rings. The Labute approximate surface area is 159 Å². The second-order valence-electron chi connectivity index (χ2n) is 6.07. The van der Waals surface area contributed by atoms with Gasteiger partial charge in [0.2, 0.25) is 10.0 Å². The largest absolute Gasteiger partial charge is 0.380 e. The number of nitro benzene ring substituents is 1. The smallest absolute Gasteiger partial charge is 0.271 e. The number of sulfonamides is 1. The lowest BCUT2D eigenvalue weighted by atomic mass is 10.1. The average Bonchev–Trinajstić information content (AvgIpc) is 2.64. The van der Waals surface area contributed by atoms with Gasteiger partial charge < -0.3 is 5.32 Å². The molecule has 8 nitrogen and oxygen atoms in total. The Kier molecular flexibility index (Phi) is 6.89. The van der Waals surface area contributed by atoms with E-state index >= 15 is 0 Å². The van der Waals surface area contributed by atoms with Crippen LogP contribution in [0.25, 0.3) is 0 Å². The third-order valence-electron chi connectivity index (χ3n) is 4.36. The molecule has 0 atom stereocenters. The van der Waals surface area contributed by atoms with Crippen molar-refractivity contribution in [1.29, 1.82) is 0 Å². The normalized spacial score (nSPS) is 11.6. The minimum atomic E-state index is -4.01. The molecule has 3 N–H and O–H groups in total. The molecule has 0 aliphatic carbocycles. The summed E-state index contributed by atoms with van der Waals surface area (Å²) in [5.41, 5.74) is 2.00. The Morgan fingerprint density at radius 3 is 2.30 bits per heavy atom. The van der Waals surface area contributed by atoms with E-state index in [1.807, 2.05) is 24.3 Å². The summed E-state index contributed by atoms with van der Waals surface area (Å²) in [5, 5.41) is 19.3. The molecule has 0 radical (unpaired) electrons. The quantitative estimate of drug-likeness (QED) is 0.500. The lowest BCUT2D eigenvalue weighted by Gasteiger charge is -2.20. The molecular formula is C18H24N4O4S. The number of nitrogens with one attached hydrogen (secondary N) is 1. The van der Waals surface area contributed by atoms with E-state index in [0.29, 0.717) is 6.54 Å². The van der Waals surface area contributed by atoms with E-state index < -0.39 is 14.9 Å². The van der Waals surface area contributed by atoms with E-state index in [4.69, 9.17) is 5.14 Å². The van der Waals surface area contributed by atoms with Gasteiger partial charge in [0.25, 0.3) is 5.69 Å². The molecule has 0 spiro atoms. The van der Waals surface area contributed by atoms with Gasteiger partial charge in [-0.2, -0.15) is 0 Å². The summed E-state index contributed by atoms with van der Waals surface area (Å²) in [5.74, 6) is 0. The topological polar surface area (TPSA) is 119 Å². The van der Waals surface area contributed by atoms with Gasteiger partial charge in [-0.25, -0.2) is 13.6 Å². The maximum atomic E-state index is 11.8. The lowest BCUT2D eigenvalue weighted by Crippen LogP contribution is -2.23. The van der Waals surface area contributed by atoms with E-state index in [2.05, 4.69) is 24.1 Å². The van der Waals surface area contributed by atoms with Crippen LogP contribution in [0.15, 0.2) is 47.4 Å². The zero-order chi connectivity index (χ0) is 20.0. The molecule has 27 heavy (non-hydrogen) atoms. The second-order valence-corrected chi connectivity index (χ2v) is 7.60. The van der Waals surface area contributed by atoms with Crippen LogP contribution in [-0.2, 0) is 23.1 Å². The predicted molar refractivity (Wildman–Crippen MR) is 105 cm³/mol. The van der Waals surface area contributed by atoms with Crippen LogP contribution in [0.4, 0.5) is 11.4 Å². The fourth-order valence-electron chi connectivity index (χ4n) is 2.78. The van der Waals surface area contributed by atoms with Gasteiger partial charge in [-0.15, -0.1) is 0 Å². The minimum Gasteiger partial charge on any atom is -0.380 e. The molecule has 9 heteroatoms. The highest BCUT2D eigenvalue weighted by Gasteiger charge is 2.18. The van der Waals surface area contributed by atoms with Gasteiger partial charge in [0.15, 0.2) is 0 Å². The standard InChI is InChI=1S/C18H24N4O4S/c1-3-21(4-2)13-15-8-6-5-7-14(15)12-20-17-11-16(22(23)24)9-10-18(17)27(19,25)26/h5-11,20H,3-4,12-13H2,1-2H3,(H2,19,25,26). The second kappa shape index (κ2) is 8.94. The Morgan fingerprint density at radius 1 is 1.11 bits per heavy atom. The number of non-ortho nitro benzene ring substituents is 1. The fourth-order valence-corrected chi connectivity index (χ4v) is 3.48. The maximum absolute atomic E-state index is 11.8. The van der Waals surface area contributed by atoms with Gasteiger partial charge >= 0.3 is 0 Å². The van der Waals surface area contributed by atoms with Crippen molar-refractivity contribution in [2.75, 3.05) is 18.4 Å². The fraction of sp³-hybridized carbons (Fsp3) is 0.333. The van der Waals surface area contributed by atoms with E-state index in [9.17, 15) is 18.5 Å². The molecule has 0 saturated carbocycles. The van der Waals surface area contributed by atoms with Gasteiger partial charge in [0.1, 0.15) is 4.90 Å². The molecule has 0 amide bonds. The van der Waals surface area contributed by atoms with Crippen LogP contribution in [0.5, 0.6) is 0 Å². The molecule has 146 valence electrons. The molecular weight excluding hydrogens is 368 g/mol. The molecule has 0 fully saturated rings. The molecule has 2 aromatic carbocycles. The van der Waals surface area contributed by atoms with Crippen LogP contribution in [0.1, 0.15) is 25.0 Å². The Bertz CT molecular complexity index is 911. The van der Waals surface area contributed by atoms with Gasteiger partial charge in [0, 0.05) is 25.2 Å². The van der Waals surface area contributed by atoms with Crippen molar-refractivity contribution in [1.82, 2.24) is 4.90 Å². The molecule has 0 aromatic heterocycles. The summed E-state index contributed by atoms with van der Waals surface area (Å²) in [4.78, 5) is 12.5. The first-order chi connectivity index (χ1) is 12.8. The maximum Gasteiger partial charge on any atom is 0.271 e. The summed E-state index contributed by atoms with van der Waals surface area (Å²) >= 11 is 0. The number of rotatable bonds is 9.